The first kappa shape index (κ1) is 15.9. The SMILES string of the molecule is NCC1CCCCC1NS(=O)(=O)c1ccc(C(N)=O)cc1. The van der Waals surface area contributed by atoms with Crippen molar-refractivity contribution in [2.45, 2.75) is 36.6 Å². The molecule has 0 spiro atoms. The molecule has 0 saturated heterocycles. The quantitative estimate of drug-likeness (QED) is 0.737. The molecule has 2 atom stereocenters. The van der Waals surface area contributed by atoms with Gasteiger partial charge >= 0.3 is 0 Å². The Bertz CT molecular complexity index is 598. The lowest BCUT2D eigenvalue weighted by atomic mass is 9.85. The summed E-state index contributed by atoms with van der Waals surface area (Å²) in [4.78, 5) is 11.1. The summed E-state index contributed by atoms with van der Waals surface area (Å²) < 4.78 is 27.5. The lowest BCUT2D eigenvalue weighted by Crippen LogP contribution is -2.44. The van der Waals surface area contributed by atoms with Gasteiger partial charge in [-0.3, -0.25) is 4.79 Å². The predicted molar refractivity (Wildman–Crippen MR) is 80.1 cm³/mol. The molecule has 2 unspecified atom stereocenters. The van der Waals surface area contributed by atoms with E-state index in [1.807, 2.05) is 0 Å². The van der Waals surface area contributed by atoms with Crippen LogP contribution >= 0.6 is 0 Å². The van der Waals surface area contributed by atoms with Crippen molar-refractivity contribution in [2.24, 2.45) is 17.4 Å². The minimum Gasteiger partial charge on any atom is -0.366 e. The molecule has 5 N–H and O–H groups in total. The maximum absolute atomic E-state index is 12.4. The number of rotatable bonds is 5. The Morgan fingerprint density at radius 3 is 2.38 bits per heavy atom. The number of hydrogen-bond acceptors (Lipinski definition) is 4. The summed E-state index contributed by atoms with van der Waals surface area (Å²) >= 11 is 0. The number of hydrogen-bond donors (Lipinski definition) is 3. The molecule has 1 amide bonds. The van der Waals surface area contributed by atoms with Crippen molar-refractivity contribution in [3.63, 3.8) is 0 Å². The second kappa shape index (κ2) is 6.55. The van der Waals surface area contributed by atoms with Crippen molar-refractivity contribution in [3.8, 4) is 0 Å². The standard InChI is InChI=1S/C14H21N3O3S/c15-9-11-3-1-2-4-13(11)17-21(19,20)12-7-5-10(6-8-12)14(16)18/h5-8,11,13,17H,1-4,9,15H2,(H2,16,18). The van der Waals surface area contributed by atoms with Gasteiger partial charge in [-0.2, -0.15) is 0 Å². The third-order valence-corrected chi connectivity index (χ3v) is 5.47. The highest BCUT2D eigenvalue weighted by atomic mass is 32.2. The van der Waals surface area contributed by atoms with Gasteiger partial charge in [0.15, 0.2) is 0 Å². The third kappa shape index (κ3) is 3.81. The maximum Gasteiger partial charge on any atom is 0.248 e. The molecular formula is C14H21N3O3S. The summed E-state index contributed by atoms with van der Waals surface area (Å²) in [5.41, 5.74) is 11.1. The van der Waals surface area contributed by atoms with E-state index >= 15 is 0 Å². The van der Waals surface area contributed by atoms with Crippen LogP contribution < -0.4 is 16.2 Å². The van der Waals surface area contributed by atoms with E-state index in [0.717, 1.165) is 25.7 Å². The topological polar surface area (TPSA) is 115 Å². The molecule has 2 rings (SSSR count). The van der Waals surface area contributed by atoms with Gasteiger partial charge in [0.25, 0.3) is 0 Å². The summed E-state index contributed by atoms with van der Waals surface area (Å²) in [5.74, 6) is -0.402. The second-order valence-electron chi connectivity index (χ2n) is 5.40. The molecule has 0 aliphatic heterocycles. The predicted octanol–water partition coefficient (Wildman–Crippen LogP) is 0.581. The van der Waals surface area contributed by atoms with Crippen molar-refractivity contribution in [1.82, 2.24) is 4.72 Å². The van der Waals surface area contributed by atoms with Crippen LogP contribution in [0.3, 0.4) is 0 Å². The zero-order valence-corrected chi connectivity index (χ0v) is 12.6. The minimum absolute atomic E-state index is 0.121. The Kier molecular flexibility index (Phi) is 4.97. The number of sulfonamides is 1. The van der Waals surface area contributed by atoms with E-state index in [0.29, 0.717) is 6.54 Å². The van der Waals surface area contributed by atoms with Crippen LogP contribution in [0.1, 0.15) is 36.0 Å². The van der Waals surface area contributed by atoms with Crippen LogP contribution in [0.2, 0.25) is 0 Å². The summed E-state index contributed by atoms with van der Waals surface area (Å²) in [5, 5.41) is 0. The first-order valence-corrected chi connectivity index (χ1v) is 8.54. The average molecular weight is 311 g/mol. The largest absolute Gasteiger partial charge is 0.366 e. The number of nitrogens with one attached hydrogen (secondary N) is 1. The summed E-state index contributed by atoms with van der Waals surface area (Å²) in [6.07, 6.45) is 3.85. The normalized spacial score (nSPS) is 22.9. The van der Waals surface area contributed by atoms with Gasteiger partial charge in [0.2, 0.25) is 15.9 Å². The first-order valence-electron chi connectivity index (χ1n) is 7.06. The van der Waals surface area contributed by atoms with Gasteiger partial charge in [-0.05, 0) is 49.6 Å². The molecule has 0 radical (unpaired) electrons. The molecule has 1 fully saturated rings. The van der Waals surface area contributed by atoms with Crippen LogP contribution in [0, 0.1) is 5.92 Å². The van der Waals surface area contributed by atoms with E-state index in [4.69, 9.17) is 11.5 Å². The van der Waals surface area contributed by atoms with Gasteiger partial charge in [0, 0.05) is 11.6 Å². The smallest absolute Gasteiger partial charge is 0.248 e. The molecule has 1 aromatic carbocycles. The van der Waals surface area contributed by atoms with Crippen LogP contribution in [0.15, 0.2) is 29.2 Å². The van der Waals surface area contributed by atoms with Crippen molar-refractivity contribution >= 4 is 15.9 Å². The lowest BCUT2D eigenvalue weighted by Gasteiger charge is -2.31. The van der Waals surface area contributed by atoms with Crippen molar-refractivity contribution < 1.29 is 13.2 Å². The maximum atomic E-state index is 12.4. The minimum atomic E-state index is -3.60. The molecule has 1 aromatic rings. The highest BCUT2D eigenvalue weighted by Crippen LogP contribution is 2.25. The molecule has 116 valence electrons. The number of nitrogens with two attached hydrogens (primary N) is 2. The summed E-state index contributed by atoms with van der Waals surface area (Å²) in [6.45, 7) is 0.480. The van der Waals surface area contributed by atoms with Crippen molar-refractivity contribution in [2.75, 3.05) is 6.54 Å². The fourth-order valence-electron chi connectivity index (χ4n) is 2.71. The molecule has 1 aliphatic rings. The zero-order valence-electron chi connectivity index (χ0n) is 11.8. The second-order valence-corrected chi connectivity index (χ2v) is 7.11. The van der Waals surface area contributed by atoms with E-state index in [-0.39, 0.29) is 22.4 Å². The van der Waals surface area contributed by atoms with Gasteiger partial charge in [0.05, 0.1) is 4.90 Å². The van der Waals surface area contributed by atoms with Gasteiger partial charge in [-0.25, -0.2) is 13.1 Å². The molecule has 21 heavy (non-hydrogen) atoms. The van der Waals surface area contributed by atoms with E-state index in [2.05, 4.69) is 4.72 Å². The average Bonchev–Trinajstić information content (AvgIpc) is 2.47. The van der Waals surface area contributed by atoms with E-state index in [9.17, 15) is 13.2 Å². The number of benzene rings is 1. The monoisotopic (exact) mass is 311 g/mol. The number of carbonyl (C=O) groups excluding carboxylic acids is 1. The van der Waals surface area contributed by atoms with Gasteiger partial charge < -0.3 is 11.5 Å². The molecular weight excluding hydrogens is 290 g/mol. The van der Waals surface area contributed by atoms with Gasteiger partial charge in [-0.15, -0.1) is 0 Å². The van der Waals surface area contributed by atoms with Crippen LogP contribution in [0.25, 0.3) is 0 Å². The van der Waals surface area contributed by atoms with Crippen LogP contribution in [0.4, 0.5) is 0 Å². The number of carbonyl (C=O) groups is 1. The Labute approximate surface area is 124 Å². The third-order valence-electron chi connectivity index (χ3n) is 3.97. The molecule has 1 aliphatic carbocycles. The lowest BCUT2D eigenvalue weighted by molar-refractivity contribution is 0.1000. The number of primary amides is 1. The number of amides is 1. The molecule has 6 nitrogen and oxygen atoms in total. The molecule has 7 heteroatoms. The van der Waals surface area contributed by atoms with Crippen molar-refractivity contribution in [1.29, 1.82) is 0 Å². The first-order chi connectivity index (χ1) is 9.94. The molecule has 0 aromatic heterocycles. The van der Waals surface area contributed by atoms with E-state index in [1.54, 1.807) is 0 Å². The zero-order chi connectivity index (χ0) is 15.5. The van der Waals surface area contributed by atoms with Crippen molar-refractivity contribution in [3.05, 3.63) is 29.8 Å². The highest BCUT2D eigenvalue weighted by Gasteiger charge is 2.28. The molecule has 1 saturated carbocycles. The highest BCUT2D eigenvalue weighted by molar-refractivity contribution is 7.89. The van der Waals surface area contributed by atoms with E-state index < -0.39 is 15.9 Å². The Balaban J connectivity index is 2.15. The van der Waals surface area contributed by atoms with Gasteiger partial charge in [0.1, 0.15) is 0 Å². The summed E-state index contributed by atoms with van der Waals surface area (Å²) in [6, 6.07) is 5.49. The van der Waals surface area contributed by atoms with Crippen LogP contribution in [0.5, 0.6) is 0 Å². The Morgan fingerprint density at radius 2 is 1.81 bits per heavy atom. The van der Waals surface area contributed by atoms with Gasteiger partial charge in [-0.1, -0.05) is 12.8 Å². The molecule has 0 heterocycles. The van der Waals surface area contributed by atoms with E-state index in [1.165, 1.54) is 24.3 Å². The fraction of sp³-hybridized carbons (Fsp3) is 0.500. The van der Waals surface area contributed by atoms with Crippen LogP contribution in [-0.2, 0) is 10.0 Å². The van der Waals surface area contributed by atoms with Crippen LogP contribution in [-0.4, -0.2) is 26.9 Å². The summed E-state index contributed by atoms with van der Waals surface area (Å²) in [7, 11) is -3.60. The Morgan fingerprint density at radius 1 is 1.19 bits per heavy atom. The Hall–Kier alpha value is -1.44. The molecule has 0 bridgehead atoms. The fourth-order valence-corrected chi connectivity index (χ4v) is 4.05.